The van der Waals surface area contributed by atoms with Gasteiger partial charge in [0.25, 0.3) is 5.91 Å². The molecular formula is C32H32ClFN10O3. The third-order valence-corrected chi connectivity index (χ3v) is 8.88. The summed E-state index contributed by atoms with van der Waals surface area (Å²) in [5.41, 5.74) is 2.92. The Bertz CT molecular complexity index is 1770. The zero-order chi connectivity index (χ0) is 32.3. The number of aromatic amines is 1. The number of carbonyl (C=O) groups is 1. The fraction of sp³-hybridized carbons (Fsp3) is 0.375. The van der Waals surface area contributed by atoms with E-state index in [0.29, 0.717) is 23.4 Å². The van der Waals surface area contributed by atoms with Crippen molar-refractivity contribution in [3.05, 3.63) is 71.3 Å². The largest absolute Gasteiger partial charge is 0.486 e. The highest BCUT2D eigenvalue weighted by atomic mass is 35.5. The van der Waals surface area contributed by atoms with Crippen LogP contribution in [0.15, 0.2) is 54.9 Å². The molecule has 0 spiro atoms. The lowest BCUT2D eigenvalue weighted by atomic mass is 10.0. The van der Waals surface area contributed by atoms with Gasteiger partial charge in [0.1, 0.15) is 29.4 Å². The molecule has 242 valence electrons. The van der Waals surface area contributed by atoms with Crippen LogP contribution in [0.2, 0.25) is 5.15 Å². The van der Waals surface area contributed by atoms with E-state index < -0.39 is 18.2 Å². The Morgan fingerprint density at radius 1 is 1.09 bits per heavy atom. The second kappa shape index (κ2) is 13.5. The number of rotatable bonds is 8. The topological polar surface area (TPSA) is 148 Å². The van der Waals surface area contributed by atoms with Crippen molar-refractivity contribution >= 4 is 34.8 Å². The number of nitrogens with zero attached hydrogens (tertiary/aromatic N) is 8. The molecule has 2 aromatic heterocycles. The second-order valence-corrected chi connectivity index (χ2v) is 12.1. The highest BCUT2D eigenvalue weighted by Gasteiger charge is 2.34. The van der Waals surface area contributed by atoms with Crippen molar-refractivity contribution in [3.63, 3.8) is 0 Å². The van der Waals surface area contributed by atoms with Gasteiger partial charge in [-0.2, -0.15) is 15.3 Å². The van der Waals surface area contributed by atoms with Crippen LogP contribution >= 0.6 is 11.6 Å². The number of hydrogen-bond acceptors (Lipinski definition) is 11. The molecule has 1 amide bonds. The maximum Gasteiger partial charge on any atom is 0.274 e. The smallest absolute Gasteiger partial charge is 0.274 e. The Hall–Kier alpha value is -4.84. The SMILES string of the molecule is N#Cc1cc(-c2ncnc(Nc3ccc(N4CCN(C5COC5)CC4)cc3)n2)ccc1OC1CCN(C(=O)c2cc(Cl)[nH]n2)CC1F. The Balaban J connectivity index is 0.965. The average molecular weight is 659 g/mol. The number of nitriles is 1. The summed E-state index contributed by atoms with van der Waals surface area (Å²) in [7, 11) is 0. The highest BCUT2D eigenvalue weighted by molar-refractivity contribution is 6.29. The summed E-state index contributed by atoms with van der Waals surface area (Å²) in [5.74, 6) is 0.555. The van der Waals surface area contributed by atoms with Crippen molar-refractivity contribution in [1.82, 2.24) is 34.9 Å². The lowest BCUT2D eigenvalue weighted by Crippen LogP contribution is -2.56. The van der Waals surface area contributed by atoms with Crippen LogP contribution in [-0.2, 0) is 4.74 Å². The van der Waals surface area contributed by atoms with E-state index in [4.69, 9.17) is 21.1 Å². The fourth-order valence-corrected chi connectivity index (χ4v) is 6.10. The van der Waals surface area contributed by atoms with Crippen molar-refractivity contribution in [3.8, 4) is 23.2 Å². The van der Waals surface area contributed by atoms with Gasteiger partial charge in [-0.3, -0.25) is 14.8 Å². The Morgan fingerprint density at radius 3 is 2.57 bits per heavy atom. The minimum absolute atomic E-state index is 0.124. The van der Waals surface area contributed by atoms with E-state index in [1.54, 1.807) is 18.2 Å². The zero-order valence-electron chi connectivity index (χ0n) is 25.4. The number of amides is 1. The van der Waals surface area contributed by atoms with E-state index in [1.165, 1.54) is 23.0 Å². The van der Waals surface area contributed by atoms with Crippen molar-refractivity contribution in [1.29, 1.82) is 5.26 Å². The highest BCUT2D eigenvalue weighted by Crippen LogP contribution is 2.29. The van der Waals surface area contributed by atoms with Crippen LogP contribution < -0.4 is 15.0 Å². The van der Waals surface area contributed by atoms with E-state index in [-0.39, 0.29) is 41.7 Å². The van der Waals surface area contributed by atoms with Gasteiger partial charge in [0, 0.05) is 62.1 Å². The van der Waals surface area contributed by atoms with Gasteiger partial charge in [0.2, 0.25) is 5.95 Å². The molecule has 13 nitrogen and oxygen atoms in total. The van der Waals surface area contributed by atoms with Gasteiger partial charge < -0.3 is 24.6 Å². The van der Waals surface area contributed by atoms with Gasteiger partial charge in [-0.1, -0.05) is 11.6 Å². The molecule has 3 aliphatic heterocycles. The van der Waals surface area contributed by atoms with Crippen molar-refractivity contribution in [2.45, 2.75) is 24.7 Å². The standard InChI is InChI=1S/C32H32ClFN10O3/c33-29-14-26(40-41-29)31(45)44-8-7-28(25(34)16-44)47-27-6-1-20(13-21(27)15-35)30-36-19-37-32(39-30)38-22-2-4-23(5-3-22)42-9-11-43(12-10-42)24-17-46-18-24/h1-6,13-14,19,24-25,28H,7-12,16-18H2,(H,40,41)(H,36,37,38,39). The number of carbonyl (C=O) groups excluding carboxylic acids is 1. The lowest BCUT2D eigenvalue weighted by Gasteiger charge is -2.43. The molecule has 3 fully saturated rings. The Kier molecular flexibility index (Phi) is 8.84. The monoisotopic (exact) mass is 658 g/mol. The van der Waals surface area contributed by atoms with Crippen LogP contribution in [0, 0.1) is 11.3 Å². The zero-order valence-corrected chi connectivity index (χ0v) is 26.1. The van der Waals surface area contributed by atoms with Gasteiger partial charge in [0.05, 0.1) is 31.4 Å². The number of likely N-dealkylation sites (tertiary alicyclic amines) is 1. The number of aromatic nitrogens is 5. The molecular weight excluding hydrogens is 627 g/mol. The third-order valence-electron chi connectivity index (χ3n) is 8.68. The number of ether oxygens (including phenoxy) is 2. The molecule has 2 unspecified atom stereocenters. The molecule has 2 aromatic carbocycles. The van der Waals surface area contributed by atoms with E-state index >= 15 is 4.39 Å². The molecule has 15 heteroatoms. The second-order valence-electron chi connectivity index (χ2n) is 11.7. The van der Waals surface area contributed by atoms with E-state index in [2.05, 4.69) is 58.5 Å². The van der Waals surface area contributed by atoms with Gasteiger partial charge in [-0.05, 0) is 42.5 Å². The van der Waals surface area contributed by atoms with Crippen LogP contribution in [0.1, 0.15) is 22.5 Å². The molecule has 0 aliphatic carbocycles. The summed E-state index contributed by atoms with van der Waals surface area (Å²) in [6, 6.07) is 17.2. The summed E-state index contributed by atoms with van der Waals surface area (Å²) < 4.78 is 26.4. The molecule has 0 radical (unpaired) electrons. The number of piperazine rings is 1. The lowest BCUT2D eigenvalue weighted by molar-refractivity contribution is -0.0660. The van der Waals surface area contributed by atoms with Gasteiger partial charge in [0.15, 0.2) is 17.7 Å². The molecule has 4 aromatic rings. The predicted molar refractivity (Wildman–Crippen MR) is 172 cm³/mol. The number of halogens is 2. The molecule has 0 saturated carbocycles. The van der Waals surface area contributed by atoms with Crippen LogP contribution in [0.5, 0.6) is 5.75 Å². The number of alkyl halides is 1. The quantitative estimate of drug-likeness (QED) is 0.286. The first-order chi connectivity index (χ1) is 22.9. The fourth-order valence-electron chi connectivity index (χ4n) is 5.95. The minimum atomic E-state index is -1.46. The molecule has 2 atom stereocenters. The van der Waals surface area contributed by atoms with E-state index in [1.807, 2.05) is 12.1 Å². The Labute approximate surface area is 275 Å². The number of piperidine rings is 1. The molecule has 3 aliphatic rings. The number of benzene rings is 2. The summed E-state index contributed by atoms with van der Waals surface area (Å²) in [6.07, 6.45) is -0.640. The van der Waals surface area contributed by atoms with Crippen LogP contribution in [0.25, 0.3) is 11.4 Å². The van der Waals surface area contributed by atoms with Crippen molar-refractivity contribution in [2.75, 3.05) is 62.7 Å². The maximum absolute atomic E-state index is 15.1. The first kappa shape index (κ1) is 30.8. The summed E-state index contributed by atoms with van der Waals surface area (Å²) in [4.78, 5) is 32.0. The molecule has 47 heavy (non-hydrogen) atoms. The van der Waals surface area contributed by atoms with Crippen LogP contribution in [0.4, 0.5) is 21.7 Å². The normalized spacial score (nSPS) is 20.4. The molecule has 0 bridgehead atoms. The maximum atomic E-state index is 15.1. The summed E-state index contributed by atoms with van der Waals surface area (Å²) in [5, 5.41) is 19.7. The van der Waals surface area contributed by atoms with Crippen molar-refractivity contribution in [2.24, 2.45) is 0 Å². The molecule has 3 saturated heterocycles. The van der Waals surface area contributed by atoms with E-state index in [9.17, 15) is 10.1 Å². The van der Waals surface area contributed by atoms with Gasteiger partial charge >= 0.3 is 0 Å². The number of hydrogen-bond donors (Lipinski definition) is 2. The van der Waals surface area contributed by atoms with E-state index in [0.717, 1.165) is 45.1 Å². The van der Waals surface area contributed by atoms with Crippen molar-refractivity contribution < 1.29 is 18.7 Å². The molecule has 5 heterocycles. The van der Waals surface area contributed by atoms with Gasteiger partial charge in [-0.15, -0.1) is 0 Å². The third kappa shape index (κ3) is 6.83. The average Bonchev–Trinajstić information content (AvgIpc) is 3.51. The minimum Gasteiger partial charge on any atom is -0.486 e. The van der Waals surface area contributed by atoms with Gasteiger partial charge in [-0.25, -0.2) is 14.4 Å². The number of H-pyrrole nitrogens is 1. The summed E-state index contributed by atoms with van der Waals surface area (Å²) >= 11 is 5.82. The number of nitrogens with one attached hydrogen (secondary N) is 2. The first-order valence-electron chi connectivity index (χ1n) is 15.4. The molecule has 7 rings (SSSR count). The first-order valence-corrected chi connectivity index (χ1v) is 15.8. The summed E-state index contributed by atoms with van der Waals surface area (Å²) in [6.45, 7) is 5.81. The predicted octanol–water partition coefficient (Wildman–Crippen LogP) is 3.68. The molecule has 2 N–H and O–H groups in total. The van der Waals surface area contributed by atoms with Crippen LogP contribution in [-0.4, -0.2) is 112 Å². The Morgan fingerprint density at radius 2 is 1.89 bits per heavy atom. The number of anilines is 3. The van der Waals surface area contributed by atoms with Crippen LogP contribution in [0.3, 0.4) is 0 Å².